The van der Waals surface area contributed by atoms with Crippen molar-refractivity contribution in [3.63, 3.8) is 0 Å². The number of ether oxygens (including phenoxy) is 2. The number of aryl methyl sites for hydroxylation is 1. The number of carbonyl (C=O) groups is 1. The van der Waals surface area contributed by atoms with Gasteiger partial charge in [-0.15, -0.1) is 0 Å². The molecule has 1 amide bonds. The van der Waals surface area contributed by atoms with E-state index in [9.17, 15) is 18.5 Å². The first kappa shape index (κ1) is 26.2. The van der Waals surface area contributed by atoms with Crippen LogP contribution >= 0.6 is 23.1 Å². The number of nitrogens with zero attached hydrogens (tertiary/aromatic N) is 3. The lowest BCUT2D eigenvalue weighted by Gasteiger charge is -2.09. The van der Waals surface area contributed by atoms with E-state index in [1.165, 1.54) is 6.08 Å². The van der Waals surface area contributed by atoms with Crippen molar-refractivity contribution in [3.05, 3.63) is 64.2 Å². The zero-order valence-electron chi connectivity index (χ0n) is 18.8. The van der Waals surface area contributed by atoms with Crippen molar-refractivity contribution >= 4 is 50.1 Å². The molecular formula is C23H21ClN4O5S2. The smallest absolute Gasteiger partial charge is 0.268 e. The lowest BCUT2D eigenvalue weighted by atomic mass is 10.1. The average Bonchev–Trinajstić information content (AvgIpc) is 3.29. The molecule has 35 heavy (non-hydrogen) atoms. The van der Waals surface area contributed by atoms with Gasteiger partial charge in [0, 0.05) is 29.2 Å². The second kappa shape index (κ2) is 11.8. The van der Waals surface area contributed by atoms with Gasteiger partial charge in [0.05, 0.1) is 13.2 Å². The molecule has 0 fully saturated rings. The number of amides is 1. The fraction of sp³-hybridized carbons (Fsp3) is 0.217. The Bertz CT molecular complexity index is 1380. The molecule has 3 rings (SSSR count). The highest BCUT2D eigenvalue weighted by atomic mass is 35.5. The number of nitriles is 1. The molecule has 0 saturated carbocycles. The van der Waals surface area contributed by atoms with E-state index in [2.05, 4.69) is 14.7 Å². The number of aromatic nitrogens is 2. The lowest BCUT2D eigenvalue weighted by Crippen LogP contribution is -2.13. The van der Waals surface area contributed by atoms with Gasteiger partial charge in [0.2, 0.25) is 15.0 Å². The van der Waals surface area contributed by atoms with Crippen LogP contribution in [0.2, 0.25) is 5.02 Å². The Morgan fingerprint density at radius 3 is 2.43 bits per heavy atom. The molecule has 0 atom stereocenters. The van der Waals surface area contributed by atoms with E-state index >= 15 is 0 Å². The van der Waals surface area contributed by atoms with Crippen LogP contribution in [0, 0.1) is 18.3 Å². The summed E-state index contributed by atoms with van der Waals surface area (Å²) in [5, 5.41) is 12.0. The van der Waals surface area contributed by atoms with Crippen molar-refractivity contribution in [2.45, 2.75) is 18.5 Å². The number of sulfone groups is 1. The third-order valence-electron chi connectivity index (χ3n) is 4.47. The number of anilines is 1. The van der Waals surface area contributed by atoms with Gasteiger partial charge in [-0.1, -0.05) is 23.7 Å². The van der Waals surface area contributed by atoms with E-state index in [4.69, 9.17) is 21.1 Å². The third-order valence-corrected chi connectivity index (χ3v) is 6.49. The maximum absolute atomic E-state index is 12.4. The van der Waals surface area contributed by atoms with Crippen LogP contribution in [0.25, 0.3) is 6.08 Å². The number of rotatable bonds is 10. The first-order valence-corrected chi connectivity index (χ1v) is 13.3. The van der Waals surface area contributed by atoms with E-state index < -0.39 is 15.7 Å². The maximum atomic E-state index is 12.4. The molecule has 2 aromatic carbocycles. The largest absolute Gasteiger partial charge is 0.493 e. The fourth-order valence-corrected chi connectivity index (χ4v) is 4.25. The molecule has 3 aromatic rings. The zero-order valence-corrected chi connectivity index (χ0v) is 21.2. The van der Waals surface area contributed by atoms with Gasteiger partial charge >= 0.3 is 0 Å². The number of hydrogen-bond acceptors (Lipinski definition) is 9. The van der Waals surface area contributed by atoms with Gasteiger partial charge in [-0.3, -0.25) is 10.1 Å². The Balaban J connectivity index is 1.49. The third kappa shape index (κ3) is 7.78. The standard InChI is InChI=1S/C23H21ClN4O5S2/c1-15-12-19(8-9-20(15)24)33-11-3-10-32-18-6-4-16(5-7-18)13-17(14-25)21(29)26-22-27-23(28-34-22)35(2,30)31/h4-9,12-13H,3,10-11H2,1-2H3,(H,26,27,28,29)/b17-13-. The molecule has 0 spiro atoms. The van der Waals surface area contributed by atoms with Crippen LogP contribution in [0.5, 0.6) is 11.5 Å². The molecule has 0 saturated heterocycles. The molecule has 182 valence electrons. The zero-order chi connectivity index (χ0) is 25.4. The summed E-state index contributed by atoms with van der Waals surface area (Å²) in [7, 11) is -3.59. The molecule has 1 heterocycles. The summed E-state index contributed by atoms with van der Waals surface area (Å²) in [6.07, 6.45) is 3.04. The van der Waals surface area contributed by atoms with Crippen LogP contribution in [-0.4, -0.2) is 43.2 Å². The van der Waals surface area contributed by atoms with E-state index in [1.54, 1.807) is 30.3 Å². The van der Waals surface area contributed by atoms with Crippen molar-refractivity contribution in [1.82, 2.24) is 9.36 Å². The molecule has 12 heteroatoms. The highest BCUT2D eigenvalue weighted by molar-refractivity contribution is 7.90. The van der Waals surface area contributed by atoms with Crippen molar-refractivity contribution in [3.8, 4) is 17.6 Å². The van der Waals surface area contributed by atoms with Gasteiger partial charge in [-0.05, 0) is 54.5 Å². The predicted octanol–water partition coefficient (Wildman–Crippen LogP) is 4.30. The molecular weight excluding hydrogens is 512 g/mol. The van der Waals surface area contributed by atoms with Gasteiger partial charge < -0.3 is 9.47 Å². The van der Waals surface area contributed by atoms with Crippen LogP contribution in [-0.2, 0) is 14.6 Å². The first-order valence-electron chi connectivity index (χ1n) is 10.2. The molecule has 0 aliphatic heterocycles. The van der Waals surface area contributed by atoms with Gasteiger partial charge in [0.25, 0.3) is 11.1 Å². The molecule has 1 aromatic heterocycles. The number of benzene rings is 2. The minimum absolute atomic E-state index is 0.0181. The van der Waals surface area contributed by atoms with Crippen molar-refractivity contribution in [2.24, 2.45) is 0 Å². The molecule has 0 bridgehead atoms. The summed E-state index contributed by atoms with van der Waals surface area (Å²) in [4.78, 5) is 16.1. The van der Waals surface area contributed by atoms with Gasteiger partial charge in [-0.2, -0.15) is 14.6 Å². The van der Waals surface area contributed by atoms with E-state index in [0.717, 1.165) is 17.6 Å². The van der Waals surface area contributed by atoms with Crippen molar-refractivity contribution in [1.29, 1.82) is 5.26 Å². The second-order valence-electron chi connectivity index (χ2n) is 7.31. The number of nitrogens with one attached hydrogen (secondary N) is 1. The van der Waals surface area contributed by atoms with E-state index in [-0.39, 0.29) is 15.9 Å². The van der Waals surface area contributed by atoms with E-state index in [0.29, 0.717) is 47.5 Å². The summed E-state index contributed by atoms with van der Waals surface area (Å²) in [6.45, 7) is 2.85. The highest BCUT2D eigenvalue weighted by Gasteiger charge is 2.17. The summed E-state index contributed by atoms with van der Waals surface area (Å²) >= 11 is 6.72. The van der Waals surface area contributed by atoms with Crippen LogP contribution < -0.4 is 14.8 Å². The quantitative estimate of drug-likeness (QED) is 0.232. The van der Waals surface area contributed by atoms with Gasteiger partial charge in [0.1, 0.15) is 23.1 Å². The molecule has 0 aliphatic carbocycles. The lowest BCUT2D eigenvalue weighted by molar-refractivity contribution is -0.112. The monoisotopic (exact) mass is 532 g/mol. The summed E-state index contributed by atoms with van der Waals surface area (Å²) in [6, 6.07) is 14.2. The minimum Gasteiger partial charge on any atom is -0.493 e. The topological polar surface area (TPSA) is 131 Å². The van der Waals surface area contributed by atoms with Gasteiger partial charge in [0.15, 0.2) is 0 Å². The van der Waals surface area contributed by atoms with Crippen LogP contribution in [0.4, 0.5) is 5.13 Å². The number of carbonyl (C=O) groups excluding carboxylic acids is 1. The Morgan fingerprint density at radius 1 is 1.17 bits per heavy atom. The maximum Gasteiger partial charge on any atom is 0.268 e. The Morgan fingerprint density at radius 2 is 1.83 bits per heavy atom. The van der Waals surface area contributed by atoms with Gasteiger partial charge in [-0.25, -0.2) is 8.42 Å². The predicted molar refractivity (Wildman–Crippen MR) is 133 cm³/mol. The van der Waals surface area contributed by atoms with Crippen LogP contribution in [0.15, 0.2) is 53.2 Å². The molecule has 9 nitrogen and oxygen atoms in total. The van der Waals surface area contributed by atoms with Crippen molar-refractivity contribution in [2.75, 3.05) is 24.8 Å². The molecule has 0 unspecified atom stereocenters. The first-order chi connectivity index (χ1) is 16.7. The molecule has 1 N–H and O–H groups in total. The SMILES string of the molecule is Cc1cc(OCCCOc2ccc(/C=C(/C#N)C(=O)Nc3nc(S(C)(=O)=O)ns3)cc2)ccc1Cl. The summed E-state index contributed by atoms with van der Waals surface area (Å²) < 4.78 is 38.0. The van der Waals surface area contributed by atoms with Crippen LogP contribution in [0.1, 0.15) is 17.5 Å². The Labute approximate surface area is 212 Å². The molecule has 0 aliphatic rings. The Hall–Kier alpha value is -3.46. The minimum atomic E-state index is -3.59. The summed E-state index contributed by atoms with van der Waals surface area (Å²) in [5.41, 5.74) is 1.39. The fourth-order valence-electron chi connectivity index (χ4n) is 2.70. The second-order valence-corrected chi connectivity index (χ2v) is 10.4. The summed E-state index contributed by atoms with van der Waals surface area (Å²) in [5.74, 6) is 0.664. The number of hydrogen-bond donors (Lipinski definition) is 1. The highest BCUT2D eigenvalue weighted by Crippen LogP contribution is 2.21. The average molecular weight is 533 g/mol. The van der Waals surface area contributed by atoms with Crippen LogP contribution in [0.3, 0.4) is 0 Å². The molecule has 0 radical (unpaired) electrons. The normalized spacial score (nSPS) is 11.5. The van der Waals surface area contributed by atoms with E-state index in [1.807, 2.05) is 25.1 Å². The number of halogens is 1. The van der Waals surface area contributed by atoms with Crippen molar-refractivity contribution < 1.29 is 22.7 Å². The Kier molecular flexibility index (Phi) is 8.81.